The van der Waals surface area contributed by atoms with Crippen LogP contribution in [-0.4, -0.2) is 28.5 Å². The fraction of sp³-hybridized carbons (Fsp3) is 0.136. The summed E-state index contributed by atoms with van der Waals surface area (Å²) in [5, 5.41) is 2.82. The predicted molar refractivity (Wildman–Crippen MR) is 113 cm³/mol. The zero-order valence-corrected chi connectivity index (χ0v) is 17.0. The number of ether oxygens (including phenoxy) is 1. The van der Waals surface area contributed by atoms with Crippen LogP contribution in [0, 0.1) is 0 Å². The fourth-order valence-corrected chi connectivity index (χ4v) is 3.71. The number of hydrogen-bond donors (Lipinski definition) is 2. The van der Waals surface area contributed by atoms with Gasteiger partial charge < -0.3 is 10.1 Å². The van der Waals surface area contributed by atoms with Crippen molar-refractivity contribution in [3.63, 3.8) is 0 Å². The summed E-state index contributed by atoms with van der Waals surface area (Å²) in [5.41, 5.74) is 2.91. The topological polar surface area (TPSA) is 84.5 Å². The largest absolute Gasteiger partial charge is 0.496 e. The van der Waals surface area contributed by atoms with E-state index in [0.29, 0.717) is 12.1 Å². The molecule has 0 radical (unpaired) electrons. The van der Waals surface area contributed by atoms with Crippen LogP contribution in [0.5, 0.6) is 5.75 Å². The lowest BCUT2D eigenvalue weighted by atomic mass is 10.0. The van der Waals surface area contributed by atoms with Crippen LogP contribution >= 0.6 is 0 Å². The summed E-state index contributed by atoms with van der Waals surface area (Å²) in [5.74, 6) is 0.336. The first-order valence-corrected chi connectivity index (χ1v) is 10.5. The third kappa shape index (κ3) is 5.01. The lowest BCUT2D eigenvalue weighted by Crippen LogP contribution is -2.19. The van der Waals surface area contributed by atoms with Gasteiger partial charge in [-0.25, -0.2) is 13.1 Å². The standard InChI is InChI=1S/C22H22N2O4S/c1-23-29(26,27)20-10-6-9-17(15-20)22(25)24-19-11-12-21(28-2)18(14-19)13-16-7-4-3-5-8-16/h3-12,14-15,23H,13H2,1-2H3,(H,24,25). The van der Waals surface area contributed by atoms with E-state index < -0.39 is 15.9 Å². The first kappa shape index (κ1) is 20.6. The van der Waals surface area contributed by atoms with Crippen LogP contribution in [0.3, 0.4) is 0 Å². The monoisotopic (exact) mass is 410 g/mol. The second-order valence-electron chi connectivity index (χ2n) is 6.38. The first-order valence-electron chi connectivity index (χ1n) is 8.99. The molecule has 0 atom stereocenters. The first-order chi connectivity index (χ1) is 13.9. The average Bonchev–Trinajstić information content (AvgIpc) is 2.75. The summed E-state index contributed by atoms with van der Waals surface area (Å²) in [7, 11) is -0.690. The van der Waals surface area contributed by atoms with Crippen LogP contribution < -0.4 is 14.8 Å². The van der Waals surface area contributed by atoms with Gasteiger partial charge in [-0.05, 0) is 49.0 Å². The van der Waals surface area contributed by atoms with E-state index in [9.17, 15) is 13.2 Å². The molecule has 29 heavy (non-hydrogen) atoms. The SMILES string of the molecule is CNS(=O)(=O)c1cccc(C(=O)Nc2ccc(OC)c(Cc3ccccc3)c2)c1. The van der Waals surface area contributed by atoms with Crippen molar-refractivity contribution in [2.75, 3.05) is 19.5 Å². The maximum absolute atomic E-state index is 12.6. The molecule has 0 aliphatic carbocycles. The smallest absolute Gasteiger partial charge is 0.255 e. The molecule has 6 nitrogen and oxygen atoms in total. The van der Waals surface area contributed by atoms with Gasteiger partial charge in [-0.1, -0.05) is 36.4 Å². The van der Waals surface area contributed by atoms with Gasteiger partial charge in [0.05, 0.1) is 12.0 Å². The van der Waals surface area contributed by atoms with E-state index in [4.69, 9.17) is 4.74 Å². The highest BCUT2D eigenvalue weighted by atomic mass is 32.2. The molecule has 0 aliphatic heterocycles. The van der Waals surface area contributed by atoms with Crippen molar-refractivity contribution in [2.45, 2.75) is 11.3 Å². The molecule has 150 valence electrons. The van der Waals surface area contributed by atoms with Crippen LogP contribution in [0.1, 0.15) is 21.5 Å². The van der Waals surface area contributed by atoms with Crippen LogP contribution in [0.4, 0.5) is 5.69 Å². The Balaban J connectivity index is 1.84. The highest BCUT2D eigenvalue weighted by molar-refractivity contribution is 7.89. The van der Waals surface area contributed by atoms with Gasteiger partial charge in [-0.2, -0.15) is 0 Å². The van der Waals surface area contributed by atoms with E-state index in [1.165, 1.54) is 25.2 Å². The fourth-order valence-electron chi connectivity index (χ4n) is 2.94. The number of methoxy groups -OCH3 is 1. The number of amides is 1. The molecule has 0 fully saturated rings. The molecule has 0 saturated carbocycles. The van der Waals surface area contributed by atoms with E-state index in [-0.39, 0.29) is 10.5 Å². The minimum atomic E-state index is -3.62. The van der Waals surface area contributed by atoms with Gasteiger partial charge in [0.2, 0.25) is 10.0 Å². The van der Waals surface area contributed by atoms with Gasteiger partial charge in [-0.15, -0.1) is 0 Å². The van der Waals surface area contributed by atoms with Crippen molar-refractivity contribution < 1.29 is 17.9 Å². The van der Waals surface area contributed by atoms with Gasteiger partial charge in [-0.3, -0.25) is 4.79 Å². The predicted octanol–water partition coefficient (Wildman–Crippen LogP) is 3.45. The molecule has 2 N–H and O–H groups in total. The Morgan fingerprint density at radius 1 is 0.966 bits per heavy atom. The molecule has 0 saturated heterocycles. The van der Waals surface area contributed by atoms with E-state index in [0.717, 1.165) is 16.9 Å². The molecule has 3 aromatic rings. The maximum atomic E-state index is 12.6. The Kier molecular flexibility index (Phi) is 6.31. The zero-order valence-electron chi connectivity index (χ0n) is 16.2. The van der Waals surface area contributed by atoms with Gasteiger partial charge in [0.25, 0.3) is 5.91 Å². The highest BCUT2D eigenvalue weighted by Crippen LogP contribution is 2.26. The van der Waals surface area contributed by atoms with E-state index in [2.05, 4.69) is 10.0 Å². The van der Waals surface area contributed by atoms with Crippen molar-refractivity contribution in [2.24, 2.45) is 0 Å². The number of carbonyl (C=O) groups excluding carboxylic acids is 1. The third-order valence-corrected chi connectivity index (χ3v) is 5.86. The quantitative estimate of drug-likeness (QED) is 0.625. The summed E-state index contributed by atoms with van der Waals surface area (Å²) >= 11 is 0. The number of benzene rings is 3. The molecule has 0 heterocycles. The van der Waals surface area contributed by atoms with Gasteiger partial charge in [0.1, 0.15) is 5.75 Å². The number of anilines is 1. The normalized spacial score (nSPS) is 11.1. The molecule has 0 aliphatic rings. The number of carbonyl (C=O) groups is 1. The van der Waals surface area contributed by atoms with Crippen LogP contribution in [0.15, 0.2) is 77.7 Å². The Morgan fingerprint density at radius 2 is 1.72 bits per heavy atom. The molecule has 1 amide bonds. The molecule has 7 heteroatoms. The minimum Gasteiger partial charge on any atom is -0.496 e. The number of nitrogens with one attached hydrogen (secondary N) is 2. The van der Waals surface area contributed by atoms with Crippen LogP contribution in [0.2, 0.25) is 0 Å². The summed E-state index contributed by atoms with van der Waals surface area (Å²) in [6.07, 6.45) is 0.656. The van der Waals surface area contributed by atoms with E-state index in [1.54, 1.807) is 25.3 Å². The van der Waals surface area contributed by atoms with Crippen LogP contribution in [-0.2, 0) is 16.4 Å². The lowest BCUT2D eigenvalue weighted by molar-refractivity contribution is 0.102. The van der Waals surface area contributed by atoms with Crippen molar-refractivity contribution in [1.82, 2.24) is 4.72 Å². The summed E-state index contributed by atoms with van der Waals surface area (Å²) in [6, 6.07) is 21.2. The number of rotatable bonds is 7. The van der Waals surface area contributed by atoms with Gasteiger partial charge in [0.15, 0.2) is 0 Å². The van der Waals surface area contributed by atoms with Crippen molar-refractivity contribution in [1.29, 1.82) is 0 Å². The molecule has 0 bridgehead atoms. The van der Waals surface area contributed by atoms with Crippen LogP contribution in [0.25, 0.3) is 0 Å². The molecule has 3 rings (SSSR count). The van der Waals surface area contributed by atoms with Crippen molar-refractivity contribution in [3.8, 4) is 5.75 Å². The lowest BCUT2D eigenvalue weighted by Gasteiger charge is -2.12. The maximum Gasteiger partial charge on any atom is 0.255 e. The minimum absolute atomic E-state index is 0.0344. The molecule has 3 aromatic carbocycles. The Labute approximate surface area is 170 Å². The van der Waals surface area contributed by atoms with Gasteiger partial charge in [0, 0.05) is 23.2 Å². The Hall–Kier alpha value is -3.16. The number of hydrogen-bond acceptors (Lipinski definition) is 4. The summed E-state index contributed by atoms with van der Waals surface area (Å²) < 4.78 is 31.6. The zero-order chi connectivity index (χ0) is 20.9. The summed E-state index contributed by atoms with van der Waals surface area (Å²) in [6.45, 7) is 0. The van der Waals surface area contributed by atoms with E-state index >= 15 is 0 Å². The van der Waals surface area contributed by atoms with E-state index in [1.807, 2.05) is 36.4 Å². The van der Waals surface area contributed by atoms with Gasteiger partial charge >= 0.3 is 0 Å². The number of sulfonamides is 1. The van der Waals surface area contributed by atoms with Crippen molar-refractivity contribution in [3.05, 3.63) is 89.5 Å². The van der Waals surface area contributed by atoms with Crippen molar-refractivity contribution >= 4 is 21.6 Å². The molecule has 0 spiro atoms. The molecular formula is C22H22N2O4S. The Bertz CT molecular complexity index is 1110. The second-order valence-corrected chi connectivity index (χ2v) is 8.27. The molecular weight excluding hydrogens is 388 g/mol. The summed E-state index contributed by atoms with van der Waals surface area (Å²) in [4.78, 5) is 12.7. The Morgan fingerprint density at radius 3 is 2.41 bits per heavy atom. The molecule has 0 unspecified atom stereocenters. The third-order valence-electron chi connectivity index (χ3n) is 4.45. The second kappa shape index (κ2) is 8.89. The molecule has 0 aromatic heterocycles. The average molecular weight is 410 g/mol. The highest BCUT2D eigenvalue weighted by Gasteiger charge is 2.15.